The van der Waals surface area contributed by atoms with Gasteiger partial charge in [-0.15, -0.1) is 11.3 Å². The second kappa shape index (κ2) is 4.85. The Morgan fingerprint density at radius 1 is 1.42 bits per heavy atom. The highest BCUT2D eigenvalue weighted by Gasteiger charge is 2.13. The fraction of sp³-hybridized carbons (Fsp3) is 0.143. The van der Waals surface area contributed by atoms with Gasteiger partial charge in [0.2, 0.25) is 0 Å². The minimum Gasteiger partial charge on any atom is -0.462 e. The zero-order valence-electron chi connectivity index (χ0n) is 10.3. The number of nitrogens with zero attached hydrogens (tertiary/aromatic N) is 1. The standard InChI is InChI=1S/C14H12N2O2S/c1-2-18-14(17)12-6-5-11(19-12)10-8-16-13-9(10)4-3-7-15-13/h3-8H,2H2,1H3,(H,15,16). The number of H-pyrrole nitrogens is 1. The second-order valence-electron chi connectivity index (χ2n) is 3.99. The summed E-state index contributed by atoms with van der Waals surface area (Å²) in [5.74, 6) is -0.267. The third-order valence-corrected chi connectivity index (χ3v) is 3.90. The third kappa shape index (κ3) is 2.13. The second-order valence-corrected chi connectivity index (χ2v) is 5.07. The Morgan fingerprint density at radius 2 is 2.32 bits per heavy atom. The third-order valence-electron chi connectivity index (χ3n) is 2.80. The number of ether oxygens (including phenoxy) is 1. The van der Waals surface area contributed by atoms with Gasteiger partial charge in [0.05, 0.1) is 6.61 Å². The summed E-state index contributed by atoms with van der Waals surface area (Å²) in [5.41, 5.74) is 1.91. The van der Waals surface area contributed by atoms with Gasteiger partial charge in [-0.2, -0.15) is 0 Å². The largest absolute Gasteiger partial charge is 0.462 e. The van der Waals surface area contributed by atoms with Gasteiger partial charge >= 0.3 is 5.97 Å². The van der Waals surface area contributed by atoms with E-state index in [1.807, 2.05) is 24.4 Å². The van der Waals surface area contributed by atoms with Crippen molar-refractivity contribution in [3.8, 4) is 10.4 Å². The molecule has 0 radical (unpaired) electrons. The molecule has 0 spiro atoms. The zero-order chi connectivity index (χ0) is 13.2. The van der Waals surface area contributed by atoms with Crippen molar-refractivity contribution in [1.82, 2.24) is 9.97 Å². The van der Waals surface area contributed by atoms with Crippen molar-refractivity contribution in [3.63, 3.8) is 0 Å². The monoisotopic (exact) mass is 272 g/mol. The molecule has 0 amide bonds. The first-order valence-corrected chi connectivity index (χ1v) is 6.80. The maximum Gasteiger partial charge on any atom is 0.348 e. The van der Waals surface area contributed by atoms with Gasteiger partial charge in [-0.1, -0.05) is 0 Å². The first-order chi connectivity index (χ1) is 9.29. The van der Waals surface area contributed by atoms with Crippen LogP contribution in [0.2, 0.25) is 0 Å². The number of thiophene rings is 1. The first-order valence-electron chi connectivity index (χ1n) is 5.99. The van der Waals surface area contributed by atoms with Gasteiger partial charge in [-0.3, -0.25) is 0 Å². The van der Waals surface area contributed by atoms with Crippen LogP contribution in [0.3, 0.4) is 0 Å². The van der Waals surface area contributed by atoms with Gasteiger partial charge in [-0.05, 0) is 31.2 Å². The van der Waals surface area contributed by atoms with Crippen molar-refractivity contribution in [2.45, 2.75) is 6.92 Å². The average molecular weight is 272 g/mol. The molecule has 4 nitrogen and oxygen atoms in total. The van der Waals surface area contributed by atoms with Crippen LogP contribution < -0.4 is 0 Å². The van der Waals surface area contributed by atoms with Crippen LogP contribution in [0, 0.1) is 0 Å². The highest BCUT2D eigenvalue weighted by molar-refractivity contribution is 7.17. The van der Waals surface area contributed by atoms with Crippen molar-refractivity contribution in [1.29, 1.82) is 0 Å². The van der Waals surface area contributed by atoms with Gasteiger partial charge in [0.15, 0.2) is 0 Å². The Hall–Kier alpha value is -2.14. The molecule has 0 aliphatic heterocycles. The van der Waals surface area contributed by atoms with Gasteiger partial charge in [0, 0.05) is 28.2 Å². The van der Waals surface area contributed by atoms with E-state index in [0.29, 0.717) is 11.5 Å². The predicted octanol–water partition coefficient (Wildman–Crippen LogP) is 3.47. The molecule has 3 aromatic heterocycles. The topological polar surface area (TPSA) is 55.0 Å². The van der Waals surface area contributed by atoms with E-state index in [-0.39, 0.29) is 5.97 Å². The molecule has 3 aromatic rings. The summed E-state index contributed by atoms with van der Waals surface area (Å²) in [6.45, 7) is 2.20. The molecule has 3 rings (SSSR count). The van der Waals surface area contributed by atoms with Crippen molar-refractivity contribution < 1.29 is 9.53 Å². The lowest BCUT2D eigenvalue weighted by molar-refractivity contribution is 0.0532. The summed E-state index contributed by atoms with van der Waals surface area (Å²) < 4.78 is 5.00. The van der Waals surface area contributed by atoms with Crippen LogP contribution in [0.1, 0.15) is 16.6 Å². The van der Waals surface area contributed by atoms with E-state index < -0.39 is 0 Å². The lowest BCUT2D eigenvalue weighted by Crippen LogP contribution is -2.01. The number of nitrogens with one attached hydrogen (secondary N) is 1. The molecule has 0 aromatic carbocycles. The van der Waals surface area contributed by atoms with E-state index in [2.05, 4.69) is 9.97 Å². The van der Waals surface area contributed by atoms with Gasteiger partial charge in [0.1, 0.15) is 10.5 Å². The van der Waals surface area contributed by atoms with E-state index in [1.54, 1.807) is 19.2 Å². The molecular formula is C14H12N2O2S. The van der Waals surface area contributed by atoms with Crippen LogP contribution in [0.15, 0.2) is 36.7 Å². The summed E-state index contributed by atoms with van der Waals surface area (Å²) in [6, 6.07) is 7.65. The molecule has 0 fully saturated rings. The Bertz CT molecular complexity index is 730. The molecule has 0 saturated carbocycles. The van der Waals surface area contributed by atoms with Crippen LogP contribution in [0.25, 0.3) is 21.5 Å². The maximum absolute atomic E-state index is 11.7. The van der Waals surface area contributed by atoms with Crippen molar-refractivity contribution >= 4 is 28.3 Å². The number of esters is 1. The molecule has 5 heteroatoms. The summed E-state index contributed by atoms with van der Waals surface area (Å²) >= 11 is 1.43. The summed E-state index contributed by atoms with van der Waals surface area (Å²) in [7, 11) is 0. The highest BCUT2D eigenvalue weighted by atomic mass is 32.1. The minimum absolute atomic E-state index is 0.267. The van der Waals surface area contributed by atoms with E-state index in [4.69, 9.17) is 4.74 Å². The number of aromatic nitrogens is 2. The van der Waals surface area contributed by atoms with Crippen LogP contribution >= 0.6 is 11.3 Å². The number of fused-ring (bicyclic) bond motifs is 1. The molecule has 0 unspecified atom stereocenters. The van der Waals surface area contributed by atoms with Crippen molar-refractivity contribution in [3.05, 3.63) is 41.5 Å². The van der Waals surface area contributed by atoms with Crippen LogP contribution in [-0.2, 0) is 4.74 Å². The van der Waals surface area contributed by atoms with E-state index in [9.17, 15) is 4.79 Å². The number of rotatable bonds is 3. The van der Waals surface area contributed by atoms with Gasteiger partial charge in [-0.25, -0.2) is 9.78 Å². The number of pyridine rings is 1. The number of carbonyl (C=O) groups excluding carboxylic acids is 1. The lowest BCUT2D eigenvalue weighted by Gasteiger charge is -1.97. The summed E-state index contributed by atoms with van der Waals surface area (Å²) in [5, 5.41) is 1.06. The molecule has 0 saturated heterocycles. The number of carbonyl (C=O) groups is 1. The summed E-state index contributed by atoms with van der Waals surface area (Å²) in [6.07, 6.45) is 3.67. The van der Waals surface area contributed by atoms with Crippen molar-refractivity contribution in [2.75, 3.05) is 6.61 Å². The van der Waals surface area contributed by atoms with Gasteiger partial charge in [0.25, 0.3) is 0 Å². The van der Waals surface area contributed by atoms with E-state index >= 15 is 0 Å². The van der Waals surface area contributed by atoms with E-state index in [0.717, 1.165) is 21.5 Å². The normalized spacial score (nSPS) is 10.8. The first kappa shape index (κ1) is 11.9. The minimum atomic E-state index is -0.267. The molecule has 1 N–H and O–H groups in total. The average Bonchev–Trinajstić information content (AvgIpc) is 3.05. The zero-order valence-corrected chi connectivity index (χ0v) is 11.2. The fourth-order valence-electron chi connectivity index (χ4n) is 1.95. The maximum atomic E-state index is 11.7. The highest BCUT2D eigenvalue weighted by Crippen LogP contribution is 2.33. The molecule has 96 valence electrons. The molecule has 19 heavy (non-hydrogen) atoms. The number of hydrogen-bond acceptors (Lipinski definition) is 4. The quantitative estimate of drug-likeness (QED) is 0.743. The van der Waals surface area contributed by atoms with Crippen molar-refractivity contribution in [2.24, 2.45) is 0 Å². The Balaban J connectivity index is 2.01. The fourth-order valence-corrected chi connectivity index (χ4v) is 2.88. The molecule has 0 bridgehead atoms. The number of hydrogen-bond donors (Lipinski definition) is 1. The van der Waals surface area contributed by atoms with Gasteiger partial charge < -0.3 is 9.72 Å². The van der Waals surface area contributed by atoms with Crippen LogP contribution in [0.5, 0.6) is 0 Å². The molecular weight excluding hydrogens is 260 g/mol. The van der Waals surface area contributed by atoms with E-state index in [1.165, 1.54) is 11.3 Å². The Labute approximate surface area is 114 Å². The summed E-state index contributed by atoms with van der Waals surface area (Å²) in [4.78, 5) is 20.7. The Kier molecular flexibility index (Phi) is 3.05. The SMILES string of the molecule is CCOC(=O)c1ccc(-c2c[nH]c3ncccc23)s1. The molecule has 0 aliphatic carbocycles. The Morgan fingerprint density at radius 3 is 3.16 bits per heavy atom. The molecule has 0 atom stereocenters. The molecule has 3 heterocycles. The van der Waals surface area contributed by atoms with Crippen LogP contribution in [0.4, 0.5) is 0 Å². The van der Waals surface area contributed by atoms with Crippen LogP contribution in [-0.4, -0.2) is 22.5 Å². The number of aromatic amines is 1. The molecule has 0 aliphatic rings. The smallest absolute Gasteiger partial charge is 0.348 e. The lowest BCUT2D eigenvalue weighted by atomic mass is 10.2. The predicted molar refractivity (Wildman–Crippen MR) is 75.4 cm³/mol.